The Kier molecular flexibility index (Phi) is 4.97. The van der Waals surface area contributed by atoms with E-state index in [-0.39, 0.29) is 0 Å². The molecule has 0 fully saturated rings. The van der Waals surface area contributed by atoms with Gasteiger partial charge in [-0.05, 0) is 35.9 Å². The molecule has 0 spiro atoms. The predicted octanol–water partition coefficient (Wildman–Crippen LogP) is 2.01. The van der Waals surface area contributed by atoms with Crippen LogP contribution in [0.25, 0.3) is 0 Å². The van der Waals surface area contributed by atoms with Gasteiger partial charge in [0.05, 0.1) is 13.2 Å². The Morgan fingerprint density at radius 2 is 2.00 bits per heavy atom. The molecular formula is C16H16N2O. The SMILES string of the molecule is NCC#Cc1cccc(OCCc2ccncc2)c1. The Morgan fingerprint density at radius 1 is 1.16 bits per heavy atom. The van der Waals surface area contributed by atoms with E-state index in [0.717, 1.165) is 17.7 Å². The van der Waals surface area contributed by atoms with E-state index in [0.29, 0.717) is 13.2 Å². The minimum absolute atomic E-state index is 0.368. The van der Waals surface area contributed by atoms with Gasteiger partial charge < -0.3 is 10.5 Å². The third-order valence-electron chi connectivity index (χ3n) is 2.58. The average molecular weight is 252 g/mol. The minimum atomic E-state index is 0.368. The van der Waals surface area contributed by atoms with Gasteiger partial charge in [-0.3, -0.25) is 4.98 Å². The topological polar surface area (TPSA) is 48.1 Å². The van der Waals surface area contributed by atoms with Crippen molar-refractivity contribution < 1.29 is 4.74 Å². The van der Waals surface area contributed by atoms with Gasteiger partial charge in [0.2, 0.25) is 0 Å². The molecule has 0 aliphatic rings. The molecule has 2 N–H and O–H groups in total. The highest BCUT2D eigenvalue weighted by Crippen LogP contribution is 2.13. The van der Waals surface area contributed by atoms with Gasteiger partial charge in [0.15, 0.2) is 0 Å². The highest BCUT2D eigenvalue weighted by Gasteiger charge is 1.96. The first-order valence-electron chi connectivity index (χ1n) is 6.19. The maximum absolute atomic E-state index is 5.71. The first-order chi connectivity index (χ1) is 9.38. The molecule has 0 saturated carbocycles. The molecule has 1 aromatic carbocycles. The molecule has 0 saturated heterocycles. The Balaban J connectivity index is 1.89. The number of nitrogens with two attached hydrogens (primary N) is 1. The van der Waals surface area contributed by atoms with Gasteiger partial charge in [0.1, 0.15) is 5.75 Å². The summed E-state index contributed by atoms with van der Waals surface area (Å²) in [4.78, 5) is 3.99. The molecule has 19 heavy (non-hydrogen) atoms. The number of pyridine rings is 1. The maximum atomic E-state index is 5.71. The molecule has 0 bridgehead atoms. The van der Waals surface area contributed by atoms with Gasteiger partial charge in [0, 0.05) is 24.4 Å². The van der Waals surface area contributed by atoms with Crippen molar-refractivity contribution in [3.63, 3.8) is 0 Å². The van der Waals surface area contributed by atoms with Crippen LogP contribution in [-0.2, 0) is 6.42 Å². The van der Waals surface area contributed by atoms with Crippen LogP contribution in [-0.4, -0.2) is 18.1 Å². The van der Waals surface area contributed by atoms with E-state index in [2.05, 4.69) is 16.8 Å². The molecule has 3 heteroatoms. The number of nitrogens with zero attached hydrogens (tertiary/aromatic N) is 1. The molecule has 0 aliphatic heterocycles. The van der Waals surface area contributed by atoms with Crippen LogP contribution in [0.5, 0.6) is 5.75 Å². The second-order valence-corrected chi connectivity index (χ2v) is 3.99. The molecule has 2 aromatic rings. The van der Waals surface area contributed by atoms with E-state index in [4.69, 9.17) is 10.5 Å². The fraction of sp³-hybridized carbons (Fsp3) is 0.188. The van der Waals surface area contributed by atoms with Crippen molar-refractivity contribution in [1.29, 1.82) is 0 Å². The van der Waals surface area contributed by atoms with Crippen LogP contribution in [0.4, 0.5) is 0 Å². The quantitative estimate of drug-likeness (QED) is 0.847. The standard InChI is InChI=1S/C16H16N2O/c17-9-2-4-15-3-1-5-16(13-15)19-12-8-14-6-10-18-11-7-14/h1,3,5-7,10-11,13H,8-9,12,17H2. The normalized spacial score (nSPS) is 9.53. The number of hydrogen-bond acceptors (Lipinski definition) is 3. The third-order valence-corrected chi connectivity index (χ3v) is 2.58. The summed E-state index contributed by atoms with van der Waals surface area (Å²) in [7, 11) is 0. The summed E-state index contributed by atoms with van der Waals surface area (Å²) in [5.74, 6) is 6.65. The van der Waals surface area contributed by atoms with Gasteiger partial charge >= 0.3 is 0 Å². The molecule has 0 amide bonds. The lowest BCUT2D eigenvalue weighted by atomic mass is 10.2. The van der Waals surface area contributed by atoms with Gasteiger partial charge in [0.25, 0.3) is 0 Å². The van der Waals surface area contributed by atoms with Crippen LogP contribution in [0, 0.1) is 11.8 Å². The van der Waals surface area contributed by atoms with Crippen molar-refractivity contribution in [2.24, 2.45) is 5.73 Å². The van der Waals surface area contributed by atoms with Crippen LogP contribution in [0.1, 0.15) is 11.1 Å². The predicted molar refractivity (Wildman–Crippen MR) is 75.8 cm³/mol. The summed E-state index contributed by atoms with van der Waals surface area (Å²) < 4.78 is 5.71. The Labute approximate surface area is 113 Å². The fourth-order valence-corrected chi connectivity index (χ4v) is 1.65. The smallest absolute Gasteiger partial charge is 0.120 e. The van der Waals surface area contributed by atoms with E-state index >= 15 is 0 Å². The minimum Gasteiger partial charge on any atom is -0.493 e. The fourth-order valence-electron chi connectivity index (χ4n) is 1.65. The van der Waals surface area contributed by atoms with E-state index in [9.17, 15) is 0 Å². The lowest BCUT2D eigenvalue weighted by Gasteiger charge is -2.06. The molecular weight excluding hydrogens is 236 g/mol. The van der Waals surface area contributed by atoms with Gasteiger partial charge in [-0.1, -0.05) is 17.9 Å². The Hall–Kier alpha value is -2.31. The number of hydrogen-bond donors (Lipinski definition) is 1. The first-order valence-corrected chi connectivity index (χ1v) is 6.19. The highest BCUT2D eigenvalue weighted by atomic mass is 16.5. The maximum Gasteiger partial charge on any atom is 0.120 e. The third kappa shape index (κ3) is 4.46. The molecule has 0 unspecified atom stereocenters. The highest BCUT2D eigenvalue weighted by molar-refractivity contribution is 5.39. The molecule has 3 nitrogen and oxygen atoms in total. The number of rotatable bonds is 4. The van der Waals surface area contributed by atoms with E-state index in [1.807, 2.05) is 36.4 Å². The van der Waals surface area contributed by atoms with E-state index < -0.39 is 0 Å². The zero-order valence-electron chi connectivity index (χ0n) is 10.7. The van der Waals surface area contributed by atoms with Gasteiger partial charge in [-0.15, -0.1) is 0 Å². The summed E-state index contributed by atoms with van der Waals surface area (Å²) in [6.45, 7) is 1.00. The second kappa shape index (κ2) is 7.20. The van der Waals surface area contributed by atoms with Crippen molar-refractivity contribution >= 4 is 0 Å². The molecule has 0 radical (unpaired) electrons. The average Bonchev–Trinajstić information content (AvgIpc) is 2.47. The van der Waals surface area contributed by atoms with Gasteiger partial charge in [-0.25, -0.2) is 0 Å². The molecule has 0 aliphatic carbocycles. The van der Waals surface area contributed by atoms with Crippen LogP contribution in [0.2, 0.25) is 0 Å². The zero-order valence-corrected chi connectivity index (χ0v) is 10.7. The van der Waals surface area contributed by atoms with Crippen molar-refractivity contribution in [2.45, 2.75) is 6.42 Å². The van der Waals surface area contributed by atoms with E-state index in [1.54, 1.807) is 12.4 Å². The van der Waals surface area contributed by atoms with Crippen LogP contribution in [0.3, 0.4) is 0 Å². The first kappa shape index (κ1) is 13.1. The van der Waals surface area contributed by atoms with Crippen molar-refractivity contribution in [3.8, 4) is 17.6 Å². The Morgan fingerprint density at radius 3 is 2.79 bits per heavy atom. The lowest BCUT2D eigenvalue weighted by Crippen LogP contribution is -2.01. The molecule has 96 valence electrons. The summed E-state index contributed by atoms with van der Waals surface area (Å²) in [6, 6.07) is 11.7. The largest absolute Gasteiger partial charge is 0.493 e. The molecule has 1 aromatic heterocycles. The summed E-state index contributed by atoms with van der Waals surface area (Å²) in [5, 5.41) is 0. The van der Waals surface area contributed by atoms with Crippen LogP contribution < -0.4 is 10.5 Å². The lowest BCUT2D eigenvalue weighted by molar-refractivity contribution is 0.322. The van der Waals surface area contributed by atoms with Crippen LogP contribution >= 0.6 is 0 Å². The molecule has 2 rings (SSSR count). The van der Waals surface area contributed by atoms with Crippen molar-refractivity contribution in [1.82, 2.24) is 4.98 Å². The molecule has 0 atom stereocenters. The number of aromatic nitrogens is 1. The summed E-state index contributed by atoms with van der Waals surface area (Å²) in [5.41, 5.74) is 7.49. The van der Waals surface area contributed by atoms with Crippen molar-refractivity contribution in [2.75, 3.05) is 13.2 Å². The summed E-state index contributed by atoms with van der Waals surface area (Å²) in [6.07, 6.45) is 4.44. The monoisotopic (exact) mass is 252 g/mol. The second-order valence-electron chi connectivity index (χ2n) is 3.99. The zero-order chi connectivity index (χ0) is 13.3. The van der Waals surface area contributed by atoms with Crippen molar-refractivity contribution in [3.05, 3.63) is 59.9 Å². The van der Waals surface area contributed by atoms with E-state index in [1.165, 1.54) is 5.56 Å². The molecule has 1 heterocycles. The number of benzene rings is 1. The number of ether oxygens (including phenoxy) is 1. The van der Waals surface area contributed by atoms with Crippen LogP contribution in [0.15, 0.2) is 48.8 Å². The Bertz CT molecular complexity index is 570. The van der Waals surface area contributed by atoms with Gasteiger partial charge in [-0.2, -0.15) is 0 Å². The summed E-state index contributed by atoms with van der Waals surface area (Å²) >= 11 is 0.